The molecule has 138 valence electrons. The van der Waals surface area contributed by atoms with Crippen LogP contribution in [0.3, 0.4) is 0 Å². The van der Waals surface area contributed by atoms with Gasteiger partial charge in [0.1, 0.15) is 0 Å². The van der Waals surface area contributed by atoms with Crippen molar-refractivity contribution in [2.24, 2.45) is 0 Å². The Kier molecular flexibility index (Phi) is 5.34. The Morgan fingerprint density at radius 3 is 2.85 bits per heavy atom. The maximum absolute atomic E-state index is 12.0. The van der Waals surface area contributed by atoms with Crippen LogP contribution in [0, 0.1) is 0 Å². The van der Waals surface area contributed by atoms with Gasteiger partial charge < -0.3 is 15.6 Å². The van der Waals surface area contributed by atoms with Gasteiger partial charge in [-0.05, 0) is 36.6 Å². The summed E-state index contributed by atoms with van der Waals surface area (Å²) in [5.74, 6) is 0.0981. The molecular weight excluding hydrogens is 356 g/mol. The second-order valence-corrected chi connectivity index (χ2v) is 7.51. The predicted molar refractivity (Wildman–Crippen MR) is 112 cm³/mol. The SMILES string of the molecule is O=C(CCCc1c[nH]c2ccccc12)NCCNc1nc2ccccc2s1. The minimum absolute atomic E-state index is 0.0981. The van der Waals surface area contributed by atoms with Gasteiger partial charge in [0.15, 0.2) is 5.13 Å². The molecule has 0 aliphatic carbocycles. The molecular formula is C21H22N4OS. The molecule has 4 rings (SSSR count). The van der Waals surface area contributed by atoms with Crippen LogP contribution in [0.4, 0.5) is 5.13 Å². The van der Waals surface area contributed by atoms with E-state index in [0.29, 0.717) is 19.5 Å². The number of anilines is 1. The van der Waals surface area contributed by atoms with Crippen LogP contribution < -0.4 is 10.6 Å². The molecule has 0 spiro atoms. The fourth-order valence-electron chi connectivity index (χ4n) is 3.19. The summed E-state index contributed by atoms with van der Waals surface area (Å²) in [5, 5.41) is 8.39. The highest BCUT2D eigenvalue weighted by Crippen LogP contribution is 2.25. The number of para-hydroxylation sites is 2. The number of hydrogen-bond donors (Lipinski definition) is 3. The molecule has 0 unspecified atom stereocenters. The highest BCUT2D eigenvalue weighted by atomic mass is 32.1. The van der Waals surface area contributed by atoms with Gasteiger partial charge in [-0.25, -0.2) is 4.98 Å². The van der Waals surface area contributed by atoms with E-state index in [9.17, 15) is 4.79 Å². The monoisotopic (exact) mass is 378 g/mol. The number of carbonyl (C=O) groups excluding carboxylic acids is 1. The van der Waals surface area contributed by atoms with Crippen molar-refractivity contribution in [1.29, 1.82) is 0 Å². The van der Waals surface area contributed by atoms with Gasteiger partial charge in [0.2, 0.25) is 5.91 Å². The van der Waals surface area contributed by atoms with Gasteiger partial charge in [-0.3, -0.25) is 4.79 Å². The van der Waals surface area contributed by atoms with Crippen molar-refractivity contribution in [1.82, 2.24) is 15.3 Å². The quantitative estimate of drug-likeness (QED) is 0.400. The highest BCUT2D eigenvalue weighted by molar-refractivity contribution is 7.22. The molecule has 0 aliphatic rings. The minimum atomic E-state index is 0.0981. The molecule has 0 atom stereocenters. The van der Waals surface area contributed by atoms with E-state index >= 15 is 0 Å². The molecule has 2 heterocycles. The van der Waals surface area contributed by atoms with E-state index in [1.54, 1.807) is 11.3 Å². The number of aryl methyl sites for hydroxylation is 1. The smallest absolute Gasteiger partial charge is 0.220 e. The summed E-state index contributed by atoms with van der Waals surface area (Å²) in [6, 6.07) is 16.3. The van der Waals surface area contributed by atoms with E-state index in [2.05, 4.69) is 38.8 Å². The number of nitrogens with one attached hydrogen (secondary N) is 3. The van der Waals surface area contributed by atoms with Crippen molar-refractivity contribution >= 4 is 43.5 Å². The third-order valence-corrected chi connectivity index (χ3v) is 5.54. The Morgan fingerprint density at radius 1 is 1.07 bits per heavy atom. The largest absolute Gasteiger partial charge is 0.361 e. The van der Waals surface area contributed by atoms with Gasteiger partial charge in [0, 0.05) is 36.6 Å². The van der Waals surface area contributed by atoms with Crippen molar-refractivity contribution in [2.75, 3.05) is 18.4 Å². The fraction of sp³-hybridized carbons (Fsp3) is 0.238. The summed E-state index contributed by atoms with van der Waals surface area (Å²) in [4.78, 5) is 19.8. The van der Waals surface area contributed by atoms with Crippen molar-refractivity contribution in [2.45, 2.75) is 19.3 Å². The number of hydrogen-bond acceptors (Lipinski definition) is 4. The van der Waals surface area contributed by atoms with Gasteiger partial charge in [-0.15, -0.1) is 0 Å². The van der Waals surface area contributed by atoms with E-state index in [-0.39, 0.29) is 5.91 Å². The molecule has 0 bridgehead atoms. The lowest BCUT2D eigenvalue weighted by atomic mass is 10.1. The third kappa shape index (κ3) is 4.28. The third-order valence-electron chi connectivity index (χ3n) is 4.54. The predicted octanol–water partition coefficient (Wildman–Crippen LogP) is 4.33. The standard InChI is InChI=1S/C21H22N4OS/c26-20(11-5-6-15-14-24-17-8-2-1-7-16(15)17)22-12-13-23-21-25-18-9-3-4-10-19(18)27-21/h1-4,7-10,14,24H,5-6,11-13H2,(H,22,26)(H,23,25). The van der Waals surface area contributed by atoms with Crippen LogP contribution in [0.2, 0.25) is 0 Å². The number of aromatic nitrogens is 2. The molecule has 0 radical (unpaired) electrons. The van der Waals surface area contributed by atoms with Crippen molar-refractivity contribution in [3.8, 4) is 0 Å². The van der Waals surface area contributed by atoms with E-state index in [4.69, 9.17) is 0 Å². The Morgan fingerprint density at radius 2 is 1.93 bits per heavy atom. The first-order valence-electron chi connectivity index (χ1n) is 9.21. The molecule has 27 heavy (non-hydrogen) atoms. The van der Waals surface area contributed by atoms with Crippen LogP contribution in [-0.2, 0) is 11.2 Å². The Bertz CT molecular complexity index is 1020. The number of aromatic amines is 1. The van der Waals surface area contributed by atoms with E-state index in [0.717, 1.165) is 29.0 Å². The lowest BCUT2D eigenvalue weighted by Gasteiger charge is -2.06. The number of amides is 1. The van der Waals surface area contributed by atoms with Gasteiger partial charge in [0.25, 0.3) is 0 Å². The van der Waals surface area contributed by atoms with Crippen molar-refractivity contribution in [3.63, 3.8) is 0 Å². The van der Waals surface area contributed by atoms with Crippen LogP contribution in [0.25, 0.3) is 21.1 Å². The number of benzene rings is 2. The number of H-pyrrole nitrogens is 1. The normalized spacial score (nSPS) is 11.1. The highest BCUT2D eigenvalue weighted by Gasteiger charge is 2.06. The lowest BCUT2D eigenvalue weighted by Crippen LogP contribution is -2.28. The van der Waals surface area contributed by atoms with Gasteiger partial charge in [-0.1, -0.05) is 41.7 Å². The molecule has 3 N–H and O–H groups in total. The van der Waals surface area contributed by atoms with Crippen LogP contribution in [0.5, 0.6) is 0 Å². The van der Waals surface area contributed by atoms with Crippen LogP contribution >= 0.6 is 11.3 Å². The van der Waals surface area contributed by atoms with Crippen LogP contribution in [0.1, 0.15) is 18.4 Å². The summed E-state index contributed by atoms with van der Waals surface area (Å²) >= 11 is 1.63. The number of carbonyl (C=O) groups is 1. The maximum Gasteiger partial charge on any atom is 0.220 e. The van der Waals surface area contributed by atoms with E-state index < -0.39 is 0 Å². The summed E-state index contributed by atoms with van der Waals surface area (Å²) < 4.78 is 1.17. The molecule has 2 aromatic carbocycles. The topological polar surface area (TPSA) is 69.8 Å². The number of nitrogens with zero attached hydrogens (tertiary/aromatic N) is 1. The molecule has 4 aromatic rings. The second kappa shape index (κ2) is 8.22. The fourth-order valence-corrected chi connectivity index (χ4v) is 4.08. The maximum atomic E-state index is 12.0. The van der Waals surface area contributed by atoms with Crippen molar-refractivity contribution < 1.29 is 4.79 Å². The van der Waals surface area contributed by atoms with Gasteiger partial charge >= 0.3 is 0 Å². The first kappa shape index (κ1) is 17.5. The van der Waals surface area contributed by atoms with E-state index in [1.807, 2.05) is 36.5 Å². The second-order valence-electron chi connectivity index (χ2n) is 6.48. The van der Waals surface area contributed by atoms with Crippen LogP contribution in [0.15, 0.2) is 54.7 Å². The summed E-state index contributed by atoms with van der Waals surface area (Å²) in [6.45, 7) is 1.27. The molecule has 6 heteroatoms. The molecule has 5 nitrogen and oxygen atoms in total. The van der Waals surface area contributed by atoms with Gasteiger partial charge in [-0.2, -0.15) is 0 Å². The van der Waals surface area contributed by atoms with Gasteiger partial charge in [0.05, 0.1) is 10.2 Å². The Hall–Kier alpha value is -2.86. The molecule has 0 saturated heterocycles. The summed E-state index contributed by atoms with van der Waals surface area (Å²) in [5.41, 5.74) is 3.43. The van der Waals surface area contributed by atoms with Crippen molar-refractivity contribution in [3.05, 3.63) is 60.3 Å². The molecule has 0 saturated carbocycles. The zero-order valence-electron chi connectivity index (χ0n) is 15.0. The first-order chi connectivity index (χ1) is 13.3. The molecule has 0 aliphatic heterocycles. The first-order valence-corrected chi connectivity index (χ1v) is 10.0. The summed E-state index contributed by atoms with van der Waals surface area (Å²) in [7, 11) is 0. The molecule has 0 fully saturated rings. The molecule has 2 aromatic heterocycles. The number of rotatable bonds is 8. The summed E-state index contributed by atoms with van der Waals surface area (Å²) in [6.07, 6.45) is 4.34. The minimum Gasteiger partial charge on any atom is -0.361 e. The Balaban J connectivity index is 1.16. The zero-order chi connectivity index (χ0) is 18.5. The van der Waals surface area contributed by atoms with E-state index in [1.165, 1.54) is 15.6 Å². The average molecular weight is 379 g/mol. The number of thiazole rings is 1. The molecule has 1 amide bonds. The Labute approximate surface area is 161 Å². The van der Waals surface area contributed by atoms with Crippen LogP contribution in [-0.4, -0.2) is 29.0 Å². The lowest BCUT2D eigenvalue weighted by molar-refractivity contribution is -0.121. The zero-order valence-corrected chi connectivity index (χ0v) is 15.8. The average Bonchev–Trinajstić information content (AvgIpc) is 3.29. The number of fused-ring (bicyclic) bond motifs is 2.